The average molecular weight is 367 g/mol. The first-order valence-electron chi connectivity index (χ1n) is 8.57. The van der Waals surface area contributed by atoms with Crippen molar-refractivity contribution in [3.63, 3.8) is 0 Å². The van der Waals surface area contributed by atoms with Gasteiger partial charge in [0.15, 0.2) is 15.9 Å². The summed E-state index contributed by atoms with van der Waals surface area (Å²) >= 11 is 0. The van der Waals surface area contributed by atoms with Crippen LogP contribution in [0.5, 0.6) is 0 Å². The molecule has 1 atom stereocenters. The topological polar surface area (TPSA) is 89.5 Å². The maximum atomic E-state index is 12.2. The number of ether oxygens (including phenoxy) is 1. The highest BCUT2D eigenvalue weighted by Gasteiger charge is 2.24. The normalized spacial score (nSPS) is 16.4. The minimum Gasteiger partial charge on any atom is -0.453 e. The van der Waals surface area contributed by atoms with Crippen LogP contribution in [0.4, 0.5) is 0 Å². The standard InChI is InChI=1S/C18H25NO5S/c1-13-7-9-16(10-8-13)25(22,23)12-11-17(20)24-14(2)18(21)19-15-5-3-4-6-15/h7-10,14-15H,3-6,11-12H2,1-2H3,(H,19,21). The second kappa shape index (κ2) is 8.47. The summed E-state index contributed by atoms with van der Waals surface area (Å²) in [5.41, 5.74) is 0.959. The molecule has 1 aromatic rings. The van der Waals surface area contributed by atoms with Crippen molar-refractivity contribution in [3.05, 3.63) is 29.8 Å². The van der Waals surface area contributed by atoms with Gasteiger partial charge < -0.3 is 10.1 Å². The fraction of sp³-hybridized carbons (Fsp3) is 0.556. The third-order valence-corrected chi connectivity index (χ3v) is 6.07. The predicted molar refractivity (Wildman–Crippen MR) is 93.8 cm³/mol. The van der Waals surface area contributed by atoms with Crippen LogP contribution in [-0.4, -0.2) is 38.2 Å². The Labute approximate surface area is 148 Å². The minimum atomic E-state index is -3.55. The van der Waals surface area contributed by atoms with Gasteiger partial charge in [0, 0.05) is 6.04 Å². The minimum absolute atomic E-state index is 0.149. The molecular weight excluding hydrogens is 342 g/mol. The van der Waals surface area contributed by atoms with Crippen molar-refractivity contribution in [3.8, 4) is 0 Å². The number of esters is 1. The van der Waals surface area contributed by atoms with Crippen molar-refractivity contribution >= 4 is 21.7 Å². The van der Waals surface area contributed by atoms with Crippen molar-refractivity contribution < 1.29 is 22.7 Å². The van der Waals surface area contributed by atoms with E-state index in [1.165, 1.54) is 19.1 Å². The van der Waals surface area contributed by atoms with Gasteiger partial charge in [-0.2, -0.15) is 0 Å². The van der Waals surface area contributed by atoms with E-state index in [2.05, 4.69) is 5.32 Å². The molecule has 138 valence electrons. The van der Waals surface area contributed by atoms with Crippen LogP contribution in [0.15, 0.2) is 29.2 Å². The Morgan fingerprint density at radius 3 is 2.40 bits per heavy atom. The summed E-state index contributed by atoms with van der Waals surface area (Å²) in [6.07, 6.45) is 2.88. The lowest BCUT2D eigenvalue weighted by molar-refractivity contribution is -0.154. The molecule has 0 radical (unpaired) electrons. The molecule has 1 aromatic carbocycles. The Morgan fingerprint density at radius 2 is 1.80 bits per heavy atom. The number of aryl methyl sites for hydroxylation is 1. The fourth-order valence-electron chi connectivity index (χ4n) is 2.78. The maximum Gasteiger partial charge on any atom is 0.307 e. The highest BCUT2D eigenvalue weighted by molar-refractivity contribution is 7.91. The van der Waals surface area contributed by atoms with Crippen molar-refractivity contribution in [1.82, 2.24) is 5.32 Å². The van der Waals surface area contributed by atoms with Crippen molar-refractivity contribution in [2.24, 2.45) is 0 Å². The summed E-state index contributed by atoms with van der Waals surface area (Å²) in [6, 6.07) is 6.61. The summed E-state index contributed by atoms with van der Waals surface area (Å²) in [5.74, 6) is -1.36. The molecule has 1 unspecified atom stereocenters. The third-order valence-electron chi connectivity index (χ3n) is 4.33. The lowest BCUT2D eigenvalue weighted by atomic mass is 10.2. The lowest BCUT2D eigenvalue weighted by Gasteiger charge is -2.17. The van der Waals surface area contributed by atoms with Gasteiger partial charge in [0.2, 0.25) is 0 Å². The zero-order chi connectivity index (χ0) is 18.4. The summed E-state index contributed by atoms with van der Waals surface area (Å²) < 4.78 is 29.5. The Morgan fingerprint density at radius 1 is 1.20 bits per heavy atom. The van der Waals surface area contributed by atoms with Crippen LogP contribution in [0.2, 0.25) is 0 Å². The van der Waals surface area contributed by atoms with Crippen LogP contribution in [0.3, 0.4) is 0 Å². The number of hydrogen-bond donors (Lipinski definition) is 1. The van der Waals surface area contributed by atoms with E-state index in [1.807, 2.05) is 6.92 Å². The maximum absolute atomic E-state index is 12.2. The van der Waals surface area contributed by atoms with Gasteiger partial charge in [0.1, 0.15) is 0 Å². The first-order valence-corrected chi connectivity index (χ1v) is 10.2. The molecule has 1 N–H and O–H groups in total. The number of nitrogens with one attached hydrogen (secondary N) is 1. The zero-order valence-corrected chi connectivity index (χ0v) is 15.5. The van der Waals surface area contributed by atoms with E-state index < -0.39 is 21.9 Å². The van der Waals surface area contributed by atoms with E-state index in [9.17, 15) is 18.0 Å². The molecule has 0 aromatic heterocycles. The number of carbonyl (C=O) groups excluding carboxylic acids is 2. The Balaban J connectivity index is 1.80. The molecule has 1 amide bonds. The van der Waals surface area contributed by atoms with Gasteiger partial charge in [0.25, 0.3) is 5.91 Å². The van der Waals surface area contributed by atoms with Gasteiger partial charge in [-0.15, -0.1) is 0 Å². The van der Waals surface area contributed by atoms with Crippen molar-refractivity contribution in [1.29, 1.82) is 0 Å². The molecule has 0 saturated heterocycles. The summed E-state index contributed by atoms with van der Waals surface area (Å²) in [5, 5.41) is 2.85. The van der Waals surface area contributed by atoms with Gasteiger partial charge >= 0.3 is 5.97 Å². The summed E-state index contributed by atoms with van der Waals surface area (Å²) in [4.78, 5) is 24.0. The van der Waals surface area contributed by atoms with E-state index in [0.29, 0.717) is 0 Å². The van der Waals surface area contributed by atoms with Crippen LogP contribution >= 0.6 is 0 Å². The first-order chi connectivity index (χ1) is 11.8. The number of sulfone groups is 1. The molecule has 7 heteroatoms. The smallest absolute Gasteiger partial charge is 0.307 e. The largest absolute Gasteiger partial charge is 0.453 e. The molecule has 0 aliphatic heterocycles. The number of amides is 1. The van der Waals surface area contributed by atoms with Crippen LogP contribution in [0, 0.1) is 6.92 Å². The quantitative estimate of drug-likeness (QED) is 0.746. The monoisotopic (exact) mass is 367 g/mol. The lowest BCUT2D eigenvalue weighted by Crippen LogP contribution is -2.41. The van der Waals surface area contributed by atoms with E-state index in [0.717, 1.165) is 31.2 Å². The van der Waals surface area contributed by atoms with Gasteiger partial charge in [-0.25, -0.2) is 8.42 Å². The Kier molecular flexibility index (Phi) is 6.58. The first kappa shape index (κ1) is 19.4. The molecule has 25 heavy (non-hydrogen) atoms. The molecule has 0 spiro atoms. The third kappa shape index (κ3) is 5.85. The molecule has 1 fully saturated rings. The van der Waals surface area contributed by atoms with E-state index in [4.69, 9.17) is 4.74 Å². The molecule has 0 bridgehead atoms. The highest BCUT2D eigenvalue weighted by Crippen LogP contribution is 2.18. The zero-order valence-electron chi connectivity index (χ0n) is 14.7. The van der Waals surface area contributed by atoms with Gasteiger partial charge in [-0.3, -0.25) is 9.59 Å². The predicted octanol–water partition coefficient (Wildman–Crippen LogP) is 2.15. The number of benzene rings is 1. The molecule has 2 rings (SSSR count). The van der Waals surface area contributed by atoms with Crippen LogP contribution in [-0.2, 0) is 24.2 Å². The van der Waals surface area contributed by atoms with Gasteiger partial charge in [-0.1, -0.05) is 30.5 Å². The molecule has 6 nitrogen and oxygen atoms in total. The van der Waals surface area contributed by atoms with E-state index in [1.54, 1.807) is 12.1 Å². The van der Waals surface area contributed by atoms with Crippen LogP contribution in [0.25, 0.3) is 0 Å². The van der Waals surface area contributed by atoms with Crippen molar-refractivity contribution in [2.75, 3.05) is 5.75 Å². The van der Waals surface area contributed by atoms with Crippen LogP contribution in [0.1, 0.15) is 44.6 Å². The molecule has 1 aliphatic rings. The SMILES string of the molecule is Cc1ccc(S(=O)(=O)CCC(=O)OC(C)C(=O)NC2CCCC2)cc1. The summed E-state index contributed by atoms with van der Waals surface area (Å²) in [6.45, 7) is 3.36. The van der Waals surface area contributed by atoms with Crippen molar-refractivity contribution in [2.45, 2.75) is 63.0 Å². The Hall–Kier alpha value is -1.89. The second-order valence-electron chi connectivity index (χ2n) is 6.50. The van der Waals surface area contributed by atoms with Gasteiger partial charge in [0.05, 0.1) is 17.1 Å². The van der Waals surface area contributed by atoms with E-state index in [-0.39, 0.29) is 29.0 Å². The molecule has 1 aliphatic carbocycles. The number of hydrogen-bond acceptors (Lipinski definition) is 5. The molecule has 0 heterocycles. The molecular formula is C18H25NO5S. The van der Waals surface area contributed by atoms with Gasteiger partial charge in [-0.05, 0) is 38.8 Å². The Bertz CT molecular complexity index is 705. The number of carbonyl (C=O) groups is 2. The van der Waals surface area contributed by atoms with E-state index >= 15 is 0 Å². The second-order valence-corrected chi connectivity index (χ2v) is 8.61. The van der Waals surface area contributed by atoms with Crippen LogP contribution < -0.4 is 5.32 Å². The highest BCUT2D eigenvalue weighted by atomic mass is 32.2. The fourth-order valence-corrected chi connectivity index (χ4v) is 4.00. The summed E-state index contributed by atoms with van der Waals surface area (Å²) in [7, 11) is -3.55. The average Bonchev–Trinajstić information content (AvgIpc) is 3.06. The molecule has 1 saturated carbocycles. The number of rotatable bonds is 7.